The molecule has 0 aliphatic heterocycles. The summed E-state index contributed by atoms with van der Waals surface area (Å²) < 4.78 is 0. The van der Waals surface area contributed by atoms with Crippen LogP contribution in [0.15, 0.2) is 48.5 Å². The first-order chi connectivity index (χ1) is 7.68. The van der Waals surface area contributed by atoms with E-state index < -0.39 is 0 Å². The Morgan fingerprint density at radius 3 is 2.25 bits per heavy atom. The summed E-state index contributed by atoms with van der Waals surface area (Å²) in [6.45, 7) is 2.07. The fraction of sp³-hybridized carbons (Fsp3) is 0.0714. The minimum atomic E-state index is 0.441. The van der Waals surface area contributed by atoms with Gasteiger partial charge in [-0.25, -0.2) is 0 Å². The van der Waals surface area contributed by atoms with Gasteiger partial charge in [-0.05, 0) is 18.1 Å². The molecular formula is C14H13NS. The van der Waals surface area contributed by atoms with Gasteiger partial charge < -0.3 is 5.73 Å². The topological polar surface area (TPSA) is 26.0 Å². The zero-order chi connectivity index (χ0) is 11.5. The second kappa shape index (κ2) is 4.45. The summed E-state index contributed by atoms with van der Waals surface area (Å²) in [5.41, 5.74) is 10.1. The van der Waals surface area contributed by atoms with Gasteiger partial charge in [-0.2, -0.15) is 0 Å². The molecule has 0 heterocycles. The molecule has 0 radical (unpaired) electrons. The first-order valence-corrected chi connectivity index (χ1v) is 5.55. The number of hydrogen-bond acceptors (Lipinski definition) is 1. The Morgan fingerprint density at radius 1 is 1.00 bits per heavy atom. The van der Waals surface area contributed by atoms with Crippen molar-refractivity contribution in [2.24, 2.45) is 5.73 Å². The molecule has 16 heavy (non-hydrogen) atoms. The van der Waals surface area contributed by atoms with Crippen LogP contribution in [0.25, 0.3) is 11.1 Å². The van der Waals surface area contributed by atoms with Crippen LogP contribution in [0.5, 0.6) is 0 Å². The van der Waals surface area contributed by atoms with Crippen LogP contribution >= 0.6 is 12.2 Å². The highest BCUT2D eigenvalue weighted by atomic mass is 32.1. The molecule has 0 amide bonds. The van der Waals surface area contributed by atoms with Crippen molar-refractivity contribution in [2.45, 2.75) is 6.92 Å². The predicted octanol–water partition coefficient (Wildman–Crippen LogP) is 3.30. The molecule has 0 saturated heterocycles. The van der Waals surface area contributed by atoms with E-state index in [1.807, 2.05) is 24.3 Å². The van der Waals surface area contributed by atoms with Gasteiger partial charge >= 0.3 is 0 Å². The Labute approximate surface area is 101 Å². The van der Waals surface area contributed by atoms with E-state index in [-0.39, 0.29) is 0 Å². The van der Waals surface area contributed by atoms with Gasteiger partial charge in [0.25, 0.3) is 0 Å². The summed E-state index contributed by atoms with van der Waals surface area (Å²) in [7, 11) is 0. The Morgan fingerprint density at radius 2 is 1.62 bits per heavy atom. The average Bonchev–Trinajstić information content (AvgIpc) is 2.30. The van der Waals surface area contributed by atoms with E-state index in [0.29, 0.717) is 4.99 Å². The number of thiocarbonyl (C=S) groups is 1. The molecule has 2 aromatic carbocycles. The molecule has 1 nitrogen and oxygen atoms in total. The van der Waals surface area contributed by atoms with E-state index in [9.17, 15) is 0 Å². The van der Waals surface area contributed by atoms with Crippen LogP contribution in [-0.2, 0) is 0 Å². The van der Waals surface area contributed by atoms with Gasteiger partial charge in [-0.1, -0.05) is 66.3 Å². The van der Waals surface area contributed by atoms with Gasteiger partial charge in [0.1, 0.15) is 4.99 Å². The summed E-state index contributed by atoms with van der Waals surface area (Å²) in [6.07, 6.45) is 0. The van der Waals surface area contributed by atoms with Gasteiger partial charge in [0.2, 0.25) is 0 Å². The van der Waals surface area contributed by atoms with Crippen molar-refractivity contribution in [3.8, 4) is 11.1 Å². The van der Waals surface area contributed by atoms with Crippen LogP contribution in [0, 0.1) is 6.92 Å². The van der Waals surface area contributed by atoms with Gasteiger partial charge in [0, 0.05) is 5.56 Å². The lowest BCUT2D eigenvalue weighted by Gasteiger charge is -2.08. The molecule has 2 N–H and O–H groups in total. The summed E-state index contributed by atoms with van der Waals surface area (Å²) in [6, 6.07) is 16.3. The Balaban J connectivity index is 2.55. The van der Waals surface area contributed by atoms with Crippen molar-refractivity contribution in [1.29, 1.82) is 0 Å². The maximum Gasteiger partial charge on any atom is 0.104 e. The van der Waals surface area contributed by atoms with Gasteiger partial charge in [0.15, 0.2) is 0 Å². The first-order valence-electron chi connectivity index (χ1n) is 5.14. The molecule has 0 spiro atoms. The normalized spacial score (nSPS) is 10.1. The van der Waals surface area contributed by atoms with E-state index in [0.717, 1.165) is 16.7 Å². The lowest BCUT2D eigenvalue weighted by atomic mass is 9.99. The van der Waals surface area contributed by atoms with E-state index in [2.05, 4.69) is 31.2 Å². The smallest absolute Gasteiger partial charge is 0.104 e. The van der Waals surface area contributed by atoms with E-state index >= 15 is 0 Å². The standard InChI is InChI=1S/C14H13NS/c1-10-6-8-11(9-7-10)12-4-2-3-5-13(12)14(15)16/h2-9H,1H3,(H2,15,16). The zero-order valence-corrected chi connectivity index (χ0v) is 9.92. The van der Waals surface area contributed by atoms with Crippen LogP contribution in [0.2, 0.25) is 0 Å². The quantitative estimate of drug-likeness (QED) is 0.797. The Kier molecular flexibility index (Phi) is 3.02. The molecule has 2 aromatic rings. The molecule has 0 atom stereocenters. The van der Waals surface area contributed by atoms with Crippen molar-refractivity contribution in [2.75, 3.05) is 0 Å². The molecule has 2 rings (SSSR count). The third-order valence-corrected chi connectivity index (χ3v) is 2.78. The van der Waals surface area contributed by atoms with Crippen LogP contribution < -0.4 is 5.73 Å². The van der Waals surface area contributed by atoms with Crippen molar-refractivity contribution in [3.05, 3.63) is 59.7 Å². The van der Waals surface area contributed by atoms with E-state index in [1.165, 1.54) is 5.56 Å². The highest BCUT2D eigenvalue weighted by Crippen LogP contribution is 2.23. The number of rotatable bonds is 2. The zero-order valence-electron chi connectivity index (χ0n) is 9.10. The number of hydrogen-bond donors (Lipinski definition) is 1. The van der Waals surface area contributed by atoms with Crippen molar-refractivity contribution >= 4 is 17.2 Å². The maximum absolute atomic E-state index is 5.71. The number of nitrogens with two attached hydrogens (primary N) is 1. The molecule has 2 heteroatoms. The van der Waals surface area contributed by atoms with Gasteiger partial charge in [0.05, 0.1) is 0 Å². The second-order valence-electron chi connectivity index (χ2n) is 3.78. The minimum absolute atomic E-state index is 0.441. The third-order valence-electron chi connectivity index (χ3n) is 2.56. The van der Waals surface area contributed by atoms with E-state index in [1.54, 1.807) is 0 Å². The Bertz CT molecular complexity index is 515. The molecule has 0 aliphatic carbocycles. The largest absolute Gasteiger partial charge is 0.389 e. The summed E-state index contributed by atoms with van der Waals surface area (Å²) in [4.78, 5) is 0.441. The average molecular weight is 227 g/mol. The minimum Gasteiger partial charge on any atom is -0.389 e. The molecule has 0 fully saturated rings. The second-order valence-corrected chi connectivity index (χ2v) is 4.22. The predicted molar refractivity (Wildman–Crippen MR) is 72.5 cm³/mol. The highest BCUT2D eigenvalue weighted by molar-refractivity contribution is 7.80. The summed E-state index contributed by atoms with van der Waals surface area (Å²) in [5.74, 6) is 0. The van der Waals surface area contributed by atoms with Crippen LogP contribution in [0.4, 0.5) is 0 Å². The SMILES string of the molecule is Cc1ccc(-c2ccccc2C(N)=S)cc1. The lowest BCUT2D eigenvalue weighted by Crippen LogP contribution is -2.10. The number of benzene rings is 2. The third kappa shape index (κ3) is 2.12. The summed E-state index contributed by atoms with van der Waals surface area (Å²) >= 11 is 5.05. The van der Waals surface area contributed by atoms with Gasteiger partial charge in [-0.15, -0.1) is 0 Å². The van der Waals surface area contributed by atoms with Crippen molar-refractivity contribution in [1.82, 2.24) is 0 Å². The fourth-order valence-corrected chi connectivity index (χ4v) is 1.86. The number of aryl methyl sites for hydroxylation is 1. The first kappa shape index (κ1) is 10.8. The van der Waals surface area contributed by atoms with Crippen molar-refractivity contribution in [3.63, 3.8) is 0 Å². The lowest BCUT2D eigenvalue weighted by molar-refractivity contribution is 1.46. The molecule has 0 bridgehead atoms. The van der Waals surface area contributed by atoms with Crippen LogP contribution in [0.3, 0.4) is 0 Å². The molecule has 0 unspecified atom stereocenters. The molecular weight excluding hydrogens is 214 g/mol. The van der Waals surface area contributed by atoms with Crippen molar-refractivity contribution < 1.29 is 0 Å². The Hall–Kier alpha value is -1.67. The molecule has 0 aliphatic rings. The van der Waals surface area contributed by atoms with Crippen LogP contribution in [-0.4, -0.2) is 4.99 Å². The summed E-state index contributed by atoms with van der Waals surface area (Å²) in [5, 5.41) is 0. The molecule has 80 valence electrons. The molecule has 0 saturated carbocycles. The van der Waals surface area contributed by atoms with E-state index in [4.69, 9.17) is 18.0 Å². The monoisotopic (exact) mass is 227 g/mol. The highest BCUT2D eigenvalue weighted by Gasteiger charge is 2.05. The van der Waals surface area contributed by atoms with Crippen LogP contribution in [0.1, 0.15) is 11.1 Å². The fourth-order valence-electron chi connectivity index (χ4n) is 1.68. The van der Waals surface area contributed by atoms with Gasteiger partial charge in [-0.3, -0.25) is 0 Å². The maximum atomic E-state index is 5.71. The molecule has 0 aromatic heterocycles.